The van der Waals surface area contributed by atoms with E-state index in [-0.39, 0.29) is 22.2 Å². The van der Waals surface area contributed by atoms with Crippen LogP contribution in [-0.2, 0) is 15.3 Å². The Bertz CT molecular complexity index is 491. The minimum atomic E-state index is -0.318. The summed E-state index contributed by atoms with van der Waals surface area (Å²) in [6.07, 6.45) is 1.42. The SMILES string of the molecule is O=C1CCCC(O)=C1C(=O)SCc1ccccc1. The fourth-order valence-corrected chi connectivity index (χ4v) is 2.72. The Hall–Kier alpha value is -1.55. The quantitative estimate of drug-likeness (QED) is 0.851. The van der Waals surface area contributed by atoms with Crippen molar-refractivity contribution in [1.29, 1.82) is 0 Å². The van der Waals surface area contributed by atoms with Gasteiger partial charge in [0.25, 0.3) is 0 Å². The van der Waals surface area contributed by atoms with Crippen LogP contribution in [0, 0.1) is 0 Å². The smallest absolute Gasteiger partial charge is 0.226 e. The number of benzene rings is 1. The van der Waals surface area contributed by atoms with Crippen LogP contribution in [0.3, 0.4) is 0 Å². The van der Waals surface area contributed by atoms with Crippen LogP contribution >= 0.6 is 11.8 Å². The highest BCUT2D eigenvalue weighted by molar-refractivity contribution is 8.13. The van der Waals surface area contributed by atoms with Crippen molar-refractivity contribution in [3.63, 3.8) is 0 Å². The number of rotatable bonds is 3. The molecule has 0 atom stereocenters. The van der Waals surface area contributed by atoms with Gasteiger partial charge in [0.15, 0.2) is 5.78 Å². The molecule has 0 unspecified atom stereocenters. The molecule has 94 valence electrons. The van der Waals surface area contributed by atoms with Gasteiger partial charge in [-0.15, -0.1) is 0 Å². The molecule has 0 spiro atoms. The number of ketones is 1. The summed E-state index contributed by atoms with van der Waals surface area (Å²) in [7, 11) is 0. The molecule has 1 aliphatic carbocycles. The highest BCUT2D eigenvalue weighted by Gasteiger charge is 2.26. The lowest BCUT2D eigenvalue weighted by molar-refractivity contribution is -0.119. The van der Waals surface area contributed by atoms with E-state index < -0.39 is 0 Å². The third-order valence-electron chi connectivity index (χ3n) is 2.80. The molecule has 0 saturated heterocycles. The van der Waals surface area contributed by atoms with Gasteiger partial charge < -0.3 is 5.11 Å². The van der Waals surface area contributed by atoms with Crippen molar-refractivity contribution in [2.24, 2.45) is 0 Å². The Balaban J connectivity index is 2.02. The molecule has 3 nitrogen and oxygen atoms in total. The molecular formula is C14H14O3S. The summed E-state index contributed by atoms with van der Waals surface area (Å²) in [6, 6.07) is 9.58. The summed E-state index contributed by atoms with van der Waals surface area (Å²) >= 11 is 1.07. The fraction of sp³-hybridized carbons (Fsp3) is 0.286. The topological polar surface area (TPSA) is 54.4 Å². The Morgan fingerprint density at radius 2 is 1.94 bits per heavy atom. The van der Waals surface area contributed by atoms with Gasteiger partial charge in [-0.2, -0.15) is 0 Å². The molecule has 0 aliphatic heterocycles. The van der Waals surface area contributed by atoms with Gasteiger partial charge in [-0.05, 0) is 12.0 Å². The van der Waals surface area contributed by atoms with E-state index in [4.69, 9.17) is 0 Å². The largest absolute Gasteiger partial charge is 0.511 e. The zero-order valence-corrected chi connectivity index (χ0v) is 10.7. The molecule has 1 aromatic carbocycles. The molecule has 18 heavy (non-hydrogen) atoms. The van der Waals surface area contributed by atoms with Gasteiger partial charge in [0, 0.05) is 18.6 Å². The maximum absolute atomic E-state index is 11.9. The van der Waals surface area contributed by atoms with E-state index in [1.54, 1.807) is 0 Å². The van der Waals surface area contributed by atoms with E-state index in [9.17, 15) is 14.7 Å². The number of thioether (sulfide) groups is 1. The predicted octanol–water partition coefficient (Wildman–Crippen LogP) is 3.01. The molecule has 1 N–H and O–H groups in total. The van der Waals surface area contributed by atoms with Crippen LogP contribution in [-0.4, -0.2) is 16.0 Å². The zero-order valence-electron chi connectivity index (χ0n) is 9.89. The van der Waals surface area contributed by atoms with Crippen LogP contribution < -0.4 is 0 Å². The monoisotopic (exact) mass is 262 g/mol. The molecule has 0 saturated carbocycles. The first-order valence-corrected chi connectivity index (χ1v) is 6.83. The van der Waals surface area contributed by atoms with E-state index in [1.165, 1.54) is 0 Å². The van der Waals surface area contributed by atoms with Gasteiger partial charge in [-0.3, -0.25) is 9.59 Å². The number of hydrogen-bond acceptors (Lipinski definition) is 4. The van der Waals surface area contributed by atoms with Gasteiger partial charge in [-0.25, -0.2) is 0 Å². The lowest BCUT2D eigenvalue weighted by atomic mass is 9.97. The Kier molecular flexibility index (Phi) is 4.20. The standard InChI is InChI=1S/C14H14O3S/c15-11-7-4-8-12(16)13(11)14(17)18-9-10-5-2-1-3-6-10/h1-3,5-6,15H,4,7-9H2. The van der Waals surface area contributed by atoms with E-state index in [2.05, 4.69) is 0 Å². The number of allylic oxidation sites excluding steroid dienone is 1. The van der Waals surface area contributed by atoms with Gasteiger partial charge in [0.05, 0.1) is 0 Å². The number of hydrogen-bond donors (Lipinski definition) is 1. The molecule has 0 amide bonds. The normalized spacial score (nSPS) is 15.9. The summed E-state index contributed by atoms with van der Waals surface area (Å²) in [5.41, 5.74) is 1.03. The van der Waals surface area contributed by atoms with E-state index in [0.717, 1.165) is 17.3 Å². The summed E-state index contributed by atoms with van der Waals surface area (Å²) in [4.78, 5) is 23.5. The van der Waals surface area contributed by atoms with Crippen molar-refractivity contribution >= 4 is 22.7 Å². The number of aliphatic hydroxyl groups excluding tert-OH is 1. The average Bonchev–Trinajstić information content (AvgIpc) is 2.37. The summed E-state index contributed by atoms with van der Waals surface area (Å²) < 4.78 is 0. The van der Waals surface area contributed by atoms with Crippen LogP contribution in [0.1, 0.15) is 24.8 Å². The maximum atomic E-state index is 11.9. The van der Waals surface area contributed by atoms with Crippen molar-refractivity contribution in [1.82, 2.24) is 0 Å². The first kappa shape index (κ1) is 12.9. The second-order valence-corrected chi connectivity index (χ2v) is 5.11. The molecule has 1 aliphatic rings. The average molecular weight is 262 g/mol. The summed E-state index contributed by atoms with van der Waals surface area (Å²) in [6.45, 7) is 0. The Morgan fingerprint density at radius 3 is 2.61 bits per heavy atom. The molecule has 2 rings (SSSR count). The van der Waals surface area contributed by atoms with Crippen LogP contribution in [0.15, 0.2) is 41.7 Å². The number of aliphatic hydroxyl groups is 1. The number of carbonyl (C=O) groups is 2. The summed E-state index contributed by atoms with van der Waals surface area (Å²) in [5.74, 6) is 0.241. The van der Waals surface area contributed by atoms with Crippen molar-refractivity contribution in [3.8, 4) is 0 Å². The Labute approximate surface area is 110 Å². The molecule has 0 radical (unpaired) electrons. The van der Waals surface area contributed by atoms with Crippen LogP contribution in [0.25, 0.3) is 0 Å². The zero-order chi connectivity index (χ0) is 13.0. The molecule has 0 aromatic heterocycles. The minimum absolute atomic E-state index is 0.00202. The van der Waals surface area contributed by atoms with Crippen molar-refractivity contribution in [3.05, 3.63) is 47.2 Å². The second kappa shape index (κ2) is 5.87. The van der Waals surface area contributed by atoms with E-state index in [1.807, 2.05) is 30.3 Å². The molecule has 0 bridgehead atoms. The van der Waals surface area contributed by atoms with Crippen LogP contribution in [0.4, 0.5) is 0 Å². The molecule has 0 fully saturated rings. The van der Waals surface area contributed by atoms with Crippen molar-refractivity contribution in [2.75, 3.05) is 0 Å². The first-order valence-electron chi connectivity index (χ1n) is 5.85. The molecule has 4 heteroatoms. The summed E-state index contributed by atoms with van der Waals surface area (Å²) in [5, 5.41) is 9.31. The third-order valence-corrected chi connectivity index (χ3v) is 3.75. The van der Waals surface area contributed by atoms with Crippen LogP contribution in [0.5, 0.6) is 0 Å². The highest BCUT2D eigenvalue weighted by Crippen LogP contribution is 2.26. The van der Waals surface area contributed by atoms with E-state index in [0.29, 0.717) is 25.0 Å². The van der Waals surface area contributed by atoms with Gasteiger partial charge >= 0.3 is 0 Å². The minimum Gasteiger partial charge on any atom is -0.511 e. The van der Waals surface area contributed by atoms with E-state index >= 15 is 0 Å². The lowest BCUT2D eigenvalue weighted by Crippen LogP contribution is -2.17. The van der Waals surface area contributed by atoms with Gasteiger partial charge in [-0.1, -0.05) is 42.1 Å². The second-order valence-electron chi connectivity index (χ2n) is 4.16. The van der Waals surface area contributed by atoms with Crippen molar-refractivity contribution in [2.45, 2.75) is 25.0 Å². The molecular weight excluding hydrogens is 248 g/mol. The highest BCUT2D eigenvalue weighted by atomic mass is 32.2. The van der Waals surface area contributed by atoms with Crippen molar-refractivity contribution < 1.29 is 14.7 Å². The van der Waals surface area contributed by atoms with Gasteiger partial charge in [0.2, 0.25) is 5.12 Å². The number of carbonyl (C=O) groups excluding carboxylic acids is 2. The lowest BCUT2D eigenvalue weighted by Gasteiger charge is -2.13. The third kappa shape index (κ3) is 3.01. The van der Waals surface area contributed by atoms with Crippen LogP contribution in [0.2, 0.25) is 0 Å². The predicted molar refractivity (Wildman–Crippen MR) is 71.3 cm³/mol. The molecule has 0 heterocycles. The Morgan fingerprint density at radius 1 is 1.22 bits per heavy atom. The van der Waals surface area contributed by atoms with Gasteiger partial charge in [0.1, 0.15) is 11.3 Å². The maximum Gasteiger partial charge on any atom is 0.226 e. The molecule has 1 aromatic rings. The number of Topliss-reactive ketones (excluding diaryl/α,β-unsaturated/α-hetero) is 1. The fourth-order valence-electron chi connectivity index (χ4n) is 1.85. The first-order chi connectivity index (χ1) is 8.68.